The summed E-state index contributed by atoms with van der Waals surface area (Å²) in [6.45, 7) is 2.65. The van der Waals surface area contributed by atoms with Crippen molar-refractivity contribution in [3.05, 3.63) is 12.7 Å². The monoisotopic (exact) mass is 178 g/mol. The van der Waals surface area contributed by atoms with Gasteiger partial charge in [-0.3, -0.25) is 0 Å². The van der Waals surface area contributed by atoms with E-state index in [0.29, 0.717) is 0 Å². The van der Waals surface area contributed by atoms with Gasteiger partial charge in [0, 0.05) is 6.08 Å². The summed E-state index contributed by atoms with van der Waals surface area (Å²) >= 11 is 0. The van der Waals surface area contributed by atoms with Crippen LogP contribution in [-0.4, -0.2) is 40.3 Å². The highest BCUT2D eigenvalue weighted by Gasteiger charge is 2.33. The molecule has 0 spiro atoms. The molecule has 1 fully saturated rings. The van der Waals surface area contributed by atoms with Crippen molar-refractivity contribution in [2.75, 3.05) is 6.61 Å². The maximum Gasteiger partial charge on any atom is 0.327 e. The van der Waals surface area contributed by atoms with Crippen molar-refractivity contribution in [3.63, 3.8) is 0 Å². The first kappa shape index (κ1) is 11.1. The number of rotatable bonds is 3. The molecular weight excluding hydrogens is 168 g/mol. The van der Waals surface area contributed by atoms with Gasteiger partial charge >= 0.3 is 5.97 Å². The smallest absolute Gasteiger partial charge is 0.327 e. The van der Waals surface area contributed by atoms with E-state index in [1.165, 1.54) is 0 Å². The number of hydrogen-bond acceptors (Lipinski definition) is 5. The Labute approximate surface area is 68.6 Å². The van der Waals surface area contributed by atoms with Crippen molar-refractivity contribution in [3.8, 4) is 0 Å². The molecule has 0 aromatic heterocycles. The van der Waals surface area contributed by atoms with E-state index in [9.17, 15) is 4.79 Å². The van der Waals surface area contributed by atoms with Crippen molar-refractivity contribution in [2.24, 2.45) is 0 Å². The van der Waals surface area contributed by atoms with Crippen molar-refractivity contribution in [1.29, 1.82) is 0 Å². The maximum atomic E-state index is 9.25. The van der Waals surface area contributed by atoms with E-state index < -0.39 is 18.4 Å². The zero-order valence-corrected chi connectivity index (χ0v) is 6.21. The lowest BCUT2D eigenvalue weighted by atomic mass is 10.4. The summed E-state index contributed by atoms with van der Waals surface area (Å²) in [5, 5.41) is 24.2. The molecule has 0 aliphatic carbocycles. The van der Waals surface area contributed by atoms with Crippen molar-refractivity contribution < 1.29 is 29.9 Å². The first-order valence-electron chi connectivity index (χ1n) is 3.08. The van der Waals surface area contributed by atoms with E-state index >= 15 is 0 Å². The minimum atomic E-state index is -0.981. The molecule has 1 rings (SSSR count). The predicted molar refractivity (Wildman–Crippen MR) is 36.9 cm³/mol. The molecule has 1 aliphatic rings. The van der Waals surface area contributed by atoms with Gasteiger partial charge in [0.25, 0.3) is 6.29 Å². The Morgan fingerprint density at radius 1 is 1.67 bits per heavy atom. The number of carbonyl (C=O) groups is 1. The molecule has 12 heavy (non-hydrogen) atoms. The average molecular weight is 178 g/mol. The van der Waals surface area contributed by atoms with Gasteiger partial charge in [0.05, 0.1) is 6.61 Å². The van der Waals surface area contributed by atoms with Crippen LogP contribution in [0, 0.1) is 0 Å². The Morgan fingerprint density at radius 2 is 2.08 bits per heavy atom. The highest BCUT2D eigenvalue weighted by Crippen LogP contribution is 2.15. The Balaban J connectivity index is 0.000000217. The number of hydrogen-bond donors (Lipinski definition) is 3. The third kappa shape index (κ3) is 5.81. The van der Waals surface area contributed by atoms with Gasteiger partial charge in [0.1, 0.15) is 6.10 Å². The molecule has 1 atom stereocenters. The van der Waals surface area contributed by atoms with Gasteiger partial charge < -0.3 is 15.3 Å². The topological polar surface area (TPSA) is 103 Å². The largest absolute Gasteiger partial charge is 0.478 e. The van der Waals surface area contributed by atoms with Crippen LogP contribution in [0.5, 0.6) is 0 Å². The van der Waals surface area contributed by atoms with E-state index in [1.807, 2.05) is 0 Å². The fourth-order valence-electron chi connectivity index (χ4n) is 0.246. The molecule has 0 amide bonds. The number of aliphatic hydroxyl groups excluding tert-OH is 2. The lowest BCUT2D eigenvalue weighted by Crippen LogP contribution is -2.18. The molecule has 0 bridgehead atoms. The van der Waals surface area contributed by atoms with Crippen LogP contribution in [0.15, 0.2) is 12.7 Å². The summed E-state index contributed by atoms with van der Waals surface area (Å²) in [4.78, 5) is 17.6. The third-order valence-corrected chi connectivity index (χ3v) is 0.883. The van der Waals surface area contributed by atoms with Crippen LogP contribution in [0.1, 0.15) is 0 Å². The highest BCUT2D eigenvalue weighted by molar-refractivity contribution is 5.78. The van der Waals surface area contributed by atoms with E-state index in [4.69, 9.17) is 15.3 Å². The minimum Gasteiger partial charge on any atom is -0.478 e. The fourth-order valence-corrected chi connectivity index (χ4v) is 0.246. The molecule has 6 nitrogen and oxygen atoms in total. The van der Waals surface area contributed by atoms with Gasteiger partial charge in [-0.25, -0.2) is 4.79 Å². The quantitative estimate of drug-likeness (QED) is 0.287. The van der Waals surface area contributed by atoms with Gasteiger partial charge in [-0.05, 0) is 0 Å². The zero-order chi connectivity index (χ0) is 9.56. The Morgan fingerprint density at radius 3 is 2.17 bits per heavy atom. The van der Waals surface area contributed by atoms with Crippen LogP contribution in [0.3, 0.4) is 0 Å². The number of aliphatic carboxylic acids is 1. The van der Waals surface area contributed by atoms with Gasteiger partial charge in [-0.2, -0.15) is 9.78 Å². The summed E-state index contributed by atoms with van der Waals surface area (Å²) in [5.74, 6) is -0.981. The average Bonchev–Trinajstić information content (AvgIpc) is 2.86. The van der Waals surface area contributed by atoms with Crippen molar-refractivity contribution in [2.45, 2.75) is 12.4 Å². The second kappa shape index (κ2) is 5.67. The molecule has 6 heteroatoms. The number of aliphatic hydroxyl groups is 2. The molecule has 0 aromatic carbocycles. The predicted octanol–water partition coefficient (Wildman–Crippen LogP) is -1.12. The van der Waals surface area contributed by atoms with E-state index in [2.05, 4.69) is 16.4 Å². The van der Waals surface area contributed by atoms with E-state index in [1.54, 1.807) is 0 Å². The molecule has 70 valence electrons. The number of carboxylic acids is 1. The first-order valence-corrected chi connectivity index (χ1v) is 3.08. The summed E-state index contributed by atoms with van der Waals surface area (Å²) in [5.41, 5.74) is 0. The fraction of sp³-hybridized carbons (Fsp3) is 0.500. The van der Waals surface area contributed by atoms with Crippen LogP contribution < -0.4 is 0 Å². The molecule has 3 N–H and O–H groups in total. The molecule has 0 saturated carbocycles. The normalized spacial score (nSPS) is 17.2. The van der Waals surface area contributed by atoms with Gasteiger partial charge in [0.15, 0.2) is 0 Å². The third-order valence-electron chi connectivity index (χ3n) is 0.883. The summed E-state index contributed by atoms with van der Waals surface area (Å²) in [7, 11) is 0. The van der Waals surface area contributed by atoms with Gasteiger partial charge in [-0.1, -0.05) is 6.58 Å². The van der Waals surface area contributed by atoms with Crippen molar-refractivity contribution in [1.82, 2.24) is 0 Å². The zero-order valence-electron chi connectivity index (χ0n) is 6.21. The standard InChI is InChI=1S/C3H6O4.C3H4O2/c4-1-2(5)3-6-7-3;1-2-3(4)5/h2-5H,1H2;2H,1H2,(H,4,5). The van der Waals surface area contributed by atoms with Gasteiger partial charge in [0.2, 0.25) is 0 Å². The minimum absolute atomic E-state index is 0.315. The molecule has 1 aliphatic heterocycles. The van der Waals surface area contributed by atoms with Crippen LogP contribution in [0.2, 0.25) is 0 Å². The van der Waals surface area contributed by atoms with Crippen LogP contribution in [0.4, 0.5) is 0 Å². The second-order valence-corrected chi connectivity index (χ2v) is 1.85. The Kier molecular flexibility index (Phi) is 5.22. The molecule has 1 heterocycles. The Hall–Kier alpha value is -0.950. The van der Waals surface area contributed by atoms with E-state index in [-0.39, 0.29) is 6.61 Å². The van der Waals surface area contributed by atoms with Crippen LogP contribution >= 0.6 is 0 Å². The lowest BCUT2D eigenvalue weighted by Gasteiger charge is -1.93. The maximum absolute atomic E-state index is 9.25. The van der Waals surface area contributed by atoms with Gasteiger partial charge in [-0.15, -0.1) is 0 Å². The Bertz CT molecular complexity index is 152. The summed E-state index contributed by atoms with van der Waals surface area (Å²) in [6.07, 6.45) is -0.620. The summed E-state index contributed by atoms with van der Waals surface area (Å²) in [6, 6.07) is 0. The molecule has 0 radical (unpaired) electrons. The molecule has 1 unspecified atom stereocenters. The first-order chi connectivity index (χ1) is 5.61. The van der Waals surface area contributed by atoms with Crippen LogP contribution in [0.25, 0.3) is 0 Å². The second-order valence-electron chi connectivity index (χ2n) is 1.85. The molecular formula is C6H10O6. The van der Waals surface area contributed by atoms with E-state index in [0.717, 1.165) is 6.08 Å². The SMILES string of the molecule is C=CC(=O)O.OCC(O)C1OO1. The molecule has 1 saturated heterocycles. The molecule has 0 aromatic rings. The van der Waals surface area contributed by atoms with Crippen LogP contribution in [-0.2, 0) is 14.6 Å². The van der Waals surface area contributed by atoms with Crippen molar-refractivity contribution >= 4 is 5.97 Å². The summed E-state index contributed by atoms with van der Waals surface area (Å²) < 4.78 is 0. The lowest BCUT2D eigenvalue weighted by molar-refractivity contribution is -0.131. The highest BCUT2D eigenvalue weighted by atomic mass is 17.4. The number of carboxylic acid groups (broad SMARTS) is 1.